The van der Waals surface area contributed by atoms with E-state index in [1.54, 1.807) is 0 Å². The van der Waals surface area contributed by atoms with Gasteiger partial charge in [-0.3, -0.25) is 0 Å². The normalized spacial score (nSPS) is 14.1. The molecule has 0 bridgehead atoms. The highest BCUT2D eigenvalue weighted by molar-refractivity contribution is 5.59. The SMILES string of the molecule is NCc1ccc(-c2cn3c(n2)CCC3)cc1. The molecule has 16 heavy (non-hydrogen) atoms. The first kappa shape index (κ1) is 9.60. The molecule has 2 N–H and O–H groups in total. The molecule has 2 aromatic rings. The number of imidazole rings is 1. The molecule has 1 aromatic heterocycles. The van der Waals surface area contributed by atoms with E-state index >= 15 is 0 Å². The second kappa shape index (κ2) is 3.76. The molecule has 0 aliphatic carbocycles. The summed E-state index contributed by atoms with van der Waals surface area (Å²) in [6, 6.07) is 8.33. The first-order valence-corrected chi connectivity index (χ1v) is 5.72. The van der Waals surface area contributed by atoms with Crippen LogP contribution in [0, 0.1) is 0 Å². The topological polar surface area (TPSA) is 43.8 Å². The number of hydrogen-bond donors (Lipinski definition) is 1. The second-order valence-corrected chi connectivity index (χ2v) is 4.24. The fraction of sp³-hybridized carbons (Fsp3) is 0.308. The maximum atomic E-state index is 5.58. The van der Waals surface area contributed by atoms with E-state index in [0.29, 0.717) is 6.54 Å². The molecule has 3 heteroatoms. The van der Waals surface area contributed by atoms with Crippen molar-refractivity contribution < 1.29 is 0 Å². The zero-order valence-electron chi connectivity index (χ0n) is 9.19. The Hall–Kier alpha value is -1.61. The van der Waals surface area contributed by atoms with Gasteiger partial charge in [0.25, 0.3) is 0 Å². The molecule has 0 radical (unpaired) electrons. The van der Waals surface area contributed by atoms with Crippen molar-refractivity contribution in [3.63, 3.8) is 0 Å². The molecule has 0 spiro atoms. The van der Waals surface area contributed by atoms with E-state index in [1.165, 1.54) is 17.8 Å². The van der Waals surface area contributed by atoms with Crippen molar-refractivity contribution in [2.45, 2.75) is 25.9 Å². The van der Waals surface area contributed by atoms with E-state index in [9.17, 15) is 0 Å². The van der Waals surface area contributed by atoms with Gasteiger partial charge in [0.2, 0.25) is 0 Å². The zero-order chi connectivity index (χ0) is 11.0. The highest BCUT2D eigenvalue weighted by Crippen LogP contribution is 2.22. The number of aromatic nitrogens is 2. The number of hydrogen-bond acceptors (Lipinski definition) is 2. The van der Waals surface area contributed by atoms with Crippen molar-refractivity contribution in [1.82, 2.24) is 9.55 Å². The van der Waals surface area contributed by atoms with Gasteiger partial charge in [-0.2, -0.15) is 0 Å². The number of aryl methyl sites for hydroxylation is 2. The Morgan fingerprint density at radius 3 is 2.75 bits per heavy atom. The van der Waals surface area contributed by atoms with E-state index in [2.05, 4.69) is 40.0 Å². The molecular formula is C13H15N3. The molecule has 3 nitrogen and oxygen atoms in total. The summed E-state index contributed by atoms with van der Waals surface area (Å²) in [5, 5.41) is 0. The van der Waals surface area contributed by atoms with E-state index in [0.717, 1.165) is 24.2 Å². The van der Waals surface area contributed by atoms with Crippen LogP contribution in [0.5, 0.6) is 0 Å². The van der Waals surface area contributed by atoms with E-state index < -0.39 is 0 Å². The lowest BCUT2D eigenvalue weighted by molar-refractivity contribution is 0.750. The minimum Gasteiger partial charge on any atom is -0.334 e. The second-order valence-electron chi connectivity index (χ2n) is 4.24. The molecule has 0 fully saturated rings. The molecule has 1 aliphatic rings. The average molecular weight is 213 g/mol. The molecule has 1 aromatic carbocycles. The van der Waals surface area contributed by atoms with Crippen molar-refractivity contribution in [1.29, 1.82) is 0 Å². The largest absolute Gasteiger partial charge is 0.334 e. The minimum absolute atomic E-state index is 0.597. The first-order chi connectivity index (χ1) is 7.86. The first-order valence-electron chi connectivity index (χ1n) is 5.72. The smallest absolute Gasteiger partial charge is 0.109 e. The summed E-state index contributed by atoms with van der Waals surface area (Å²) in [5.41, 5.74) is 9.00. The van der Waals surface area contributed by atoms with Crippen LogP contribution >= 0.6 is 0 Å². The summed E-state index contributed by atoms with van der Waals surface area (Å²) in [6.07, 6.45) is 4.50. The van der Waals surface area contributed by atoms with Crippen LogP contribution in [0.15, 0.2) is 30.5 Å². The lowest BCUT2D eigenvalue weighted by Gasteiger charge is -1.99. The summed E-state index contributed by atoms with van der Waals surface area (Å²) >= 11 is 0. The Kier molecular flexibility index (Phi) is 2.26. The van der Waals surface area contributed by atoms with Crippen LogP contribution in [0.4, 0.5) is 0 Å². The Bertz CT molecular complexity index is 475. The van der Waals surface area contributed by atoms with Gasteiger partial charge in [-0.25, -0.2) is 4.98 Å². The number of rotatable bonds is 2. The van der Waals surface area contributed by atoms with Crippen molar-refractivity contribution >= 4 is 0 Å². The molecule has 0 saturated heterocycles. The van der Waals surface area contributed by atoms with Crippen LogP contribution in [-0.4, -0.2) is 9.55 Å². The van der Waals surface area contributed by atoms with Gasteiger partial charge in [-0.15, -0.1) is 0 Å². The van der Waals surface area contributed by atoms with Crippen LogP contribution in [0.25, 0.3) is 11.3 Å². The van der Waals surface area contributed by atoms with Gasteiger partial charge in [-0.05, 0) is 12.0 Å². The van der Waals surface area contributed by atoms with Crippen LogP contribution in [-0.2, 0) is 19.5 Å². The lowest BCUT2D eigenvalue weighted by Crippen LogP contribution is -1.95. The predicted octanol–water partition coefficient (Wildman–Crippen LogP) is 1.96. The zero-order valence-corrected chi connectivity index (χ0v) is 9.19. The standard InChI is InChI=1S/C13H15N3/c14-8-10-3-5-11(6-4-10)12-9-16-7-1-2-13(16)15-12/h3-6,9H,1-2,7-8,14H2. The molecular weight excluding hydrogens is 198 g/mol. The van der Waals surface area contributed by atoms with Gasteiger partial charge in [0.1, 0.15) is 5.82 Å². The van der Waals surface area contributed by atoms with Gasteiger partial charge < -0.3 is 10.3 Å². The number of benzene rings is 1. The monoisotopic (exact) mass is 213 g/mol. The summed E-state index contributed by atoms with van der Waals surface area (Å²) in [5.74, 6) is 1.22. The Balaban J connectivity index is 1.95. The fourth-order valence-electron chi connectivity index (χ4n) is 2.21. The number of nitrogens with zero attached hydrogens (tertiary/aromatic N) is 2. The summed E-state index contributed by atoms with van der Waals surface area (Å²) in [7, 11) is 0. The maximum Gasteiger partial charge on any atom is 0.109 e. The molecule has 2 heterocycles. The van der Waals surface area contributed by atoms with Crippen molar-refractivity contribution in [2.24, 2.45) is 5.73 Å². The van der Waals surface area contributed by atoms with E-state index in [-0.39, 0.29) is 0 Å². The van der Waals surface area contributed by atoms with Crippen molar-refractivity contribution in [3.05, 3.63) is 41.9 Å². The number of nitrogens with two attached hydrogens (primary N) is 1. The van der Waals surface area contributed by atoms with Gasteiger partial charge in [0.05, 0.1) is 5.69 Å². The van der Waals surface area contributed by atoms with Crippen molar-refractivity contribution in [2.75, 3.05) is 0 Å². The third-order valence-electron chi connectivity index (χ3n) is 3.14. The van der Waals surface area contributed by atoms with Gasteiger partial charge in [0, 0.05) is 31.3 Å². The van der Waals surface area contributed by atoms with Crippen LogP contribution in [0.2, 0.25) is 0 Å². The Morgan fingerprint density at radius 1 is 1.25 bits per heavy atom. The predicted molar refractivity (Wildman–Crippen MR) is 63.9 cm³/mol. The average Bonchev–Trinajstić information content (AvgIpc) is 2.89. The highest BCUT2D eigenvalue weighted by atomic mass is 15.1. The van der Waals surface area contributed by atoms with Crippen LogP contribution < -0.4 is 5.73 Å². The van der Waals surface area contributed by atoms with E-state index in [1.807, 2.05) is 0 Å². The molecule has 1 aliphatic heterocycles. The van der Waals surface area contributed by atoms with E-state index in [4.69, 9.17) is 5.73 Å². The summed E-state index contributed by atoms with van der Waals surface area (Å²) in [6.45, 7) is 1.71. The summed E-state index contributed by atoms with van der Waals surface area (Å²) < 4.78 is 2.26. The van der Waals surface area contributed by atoms with Gasteiger partial charge >= 0.3 is 0 Å². The van der Waals surface area contributed by atoms with Crippen LogP contribution in [0.3, 0.4) is 0 Å². The molecule has 82 valence electrons. The van der Waals surface area contributed by atoms with Gasteiger partial charge in [0.15, 0.2) is 0 Å². The van der Waals surface area contributed by atoms with Crippen LogP contribution in [0.1, 0.15) is 17.8 Å². The summed E-state index contributed by atoms with van der Waals surface area (Å²) in [4.78, 5) is 4.65. The lowest BCUT2D eigenvalue weighted by atomic mass is 10.1. The third kappa shape index (κ3) is 1.53. The Morgan fingerprint density at radius 2 is 2.06 bits per heavy atom. The fourth-order valence-corrected chi connectivity index (χ4v) is 2.21. The number of fused-ring (bicyclic) bond motifs is 1. The quantitative estimate of drug-likeness (QED) is 0.828. The minimum atomic E-state index is 0.597. The molecule has 3 rings (SSSR count). The van der Waals surface area contributed by atoms with Gasteiger partial charge in [-0.1, -0.05) is 24.3 Å². The molecule has 0 unspecified atom stereocenters. The molecule has 0 saturated carbocycles. The third-order valence-corrected chi connectivity index (χ3v) is 3.14. The Labute approximate surface area is 94.9 Å². The van der Waals surface area contributed by atoms with Crippen molar-refractivity contribution in [3.8, 4) is 11.3 Å². The highest BCUT2D eigenvalue weighted by Gasteiger charge is 2.14. The molecule has 0 atom stereocenters. The molecule has 0 amide bonds. The maximum absolute atomic E-state index is 5.58.